The van der Waals surface area contributed by atoms with Crippen LogP contribution < -0.4 is 0 Å². The SMILES string of the molecule is Cc1ccc(-c2nc(-c3ccc(C)cc3)nc(-c3cc(-c4cncc5c4CCC=C5)cc(C4C=CC(c5cc6ccccc6c6c5CCC=C6)=CC4)c3)n2)cc1. The van der Waals surface area contributed by atoms with Crippen molar-refractivity contribution in [2.75, 3.05) is 0 Å². The Morgan fingerprint density at radius 3 is 1.95 bits per heavy atom. The molecule has 2 heterocycles. The number of nitrogens with zero attached hydrogens (tertiary/aromatic N) is 4. The first-order valence-electron chi connectivity index (χ1n) is 19.8. The number of rotatable bonds is 6. The molecule has 270 valence electrons. The number of fused-ring (bicyclic) bond motifs is 4. The van der Waals surface area contributed by atoms with Gasteiger partial charge in [-0.15, -0.1) is 0 Å². The van der Waals surface area contributed by atoms with Gasteiger partial charge in [0.15, 0.2) is 17.5 Å². The molecule has 0 radical (unpaired) electrons. The van der Waals surface area contributed by atoms with Crippen LogP contribution in [0.2, 0.25) is 0 Å². The van der Waals surface area contributed by atoms with Crippen LogP contribution in [0.3, 0.4) is 0 Å². The van der Waals surface area contributed by atoms with E-state index in [2.05, 4.69) is 153 Å². The van der Waals surface area contributed by atoms with Crippen molar-refractivity contribution < 1.29 is 0 Å². The Morgan fingerprint density at radius 2 is 1.23 bits per heavy atom. The van der Waals surface area contributed by atoms with Crippen LogP contribution in [0.4, 0.5) is 0 Å². The lowest BCUT2D eigenvalue weighted by molar-refractivity contribution is 0.856. The summed E-state index contributed by atoms with van der Waals surface area (Å²) in [6, 6.07) is 35.0. The molecule has 10 rings (SSSR count). The van der Waals surface area contributed by atoms with Gasteiger partial charge in [-0.1, -0.05) is 133 Å². The molecule has 4 heteroatoms. The van der Waals surface area contributed by atoms with E-state index in [0.717, 1.165) is 54.4 Å². The molecule has 1 unspecified atom stereocenters. The van der Waals surface area contributed by atoms with Crippen molar-refractivity contribution >= 4 is 28.5 Å². The van der Waals surface area contributed by atoms with Gasteiger partial charge in [0.1, 0.15) is 0 Å². The summed E-state index contributed by atoms with van der Waals surface area (Å²) >= 11 is 0. The monoisotopic (exact) mass is 722 g/mol. The zero-order valence-corrected chi connectivity index (χ0v) is 31.8. The van der Waals surface area contributed by atoms with Gasteiger partial charge in [-0.2, -0.15) is 0 Å². The Hall–Kier alpha value is -6.52. The topological polar surface area (TPSA) is 51.6 Å². The smallest absolute Gasteiger partial charge is 0.164 e. The minimum Gasteiger partial charge on any atom is -0.263 e. The van der Waals surface area contributed by atoms with Crippen molar-refractivity contribution in [2.45, 2.75) is 51.9 Å². The molecule has 0 bridgehead atoms. The van der Waals surface area contributed by atoms with Gasteiger partial charge in [0, 0.05) is 40.6 Å². The Bertz CT molecular complexity index is 2720. The van der Waals surface area contributed by atoms with Gasteiger partial charge in [-0.3, -0.25) is 4.98 Å². The molecule has 0 spiro atoms. The number of hydrogen-bond acceptors (Lipinski definition) is 4. The molecule has 5 aromatic carbocycles. The lowest BCUT2D eigenvalue weighted by Crippen LogP contribution is -2.05. The van der Waals surface area contributed by atoms with E-state index >= 15 is 0 Å². The molecule has 0 N–H and O–H groups in total. The average molecular weight is 723 g/mol. The summed E-state index contributed by atoms with van der Waals surface area (Å²) in [6.07, 6.45) is 25.4. The Morgan fingerprint density at radius 1 is 0.571 bits per heavy atom. The first kappa shape index (κ1) is 34.0. The van der Waals surface area contributed by atoms with E-state index in [0.29, 0.717) is 17.5 Å². The maximum atomic E-state index is 5.19. The van der Waals surface area contributed by atoms with Crippen LogP contribution in [-0.4, -0.2) is 19.9 Å². The minimum atomic E-state index is 0.191. The van der Waals surface area contributed by atoms with Crippen LogP contribution in [0.5, 0.6) is 0 Å². The fourth-order valence-electron chi connectivity index (χ4n) is 8.56. The molecule has 56 heavy (non-hydrogen) atoms. The van der Waals surface area contributed by atoms with E-state index in [1.807, 2.05) is 12.4 Å². The van der Waals surface area contributed by atoms with Crippen molar-refractivity contribution in [1.29, 1.82) is 0 Å². The van der Waals surface area contributed by atoms with Gasteiger partial charge in [-0.25, -0.2) is 15.0 Å². The van der Waals surface area contributed by atoms with Crippen molar-refractivity contribution in [1.82, 2.24) is 19.9 Å². The summed E-state index contributed by atoms with van der Waals surface area (Å²) in [7, 11) is 0. The third-order valence-corrected chi connectivity index (χ3v) is 11.6. The highest BCUT2D eigenvalue weighted by Crippen LogP contribution is 2.41. The van der Waals surface area contributed by atoms with Gasteiger partial charge in [0.05, 0.1) is 0 Å². The zero-order chi connectivity index (χ0) is 37.6. The van der Waals surface area contributed by atoms with E-state index < -0.39 is 0 Å². The number of aryl methyl sites for hydroxylation is 2. The highest BCUT2D eigenvalue weighted by atomic mass is 15.0. The van der Waals surface area contributed by atoms with Crippen LogP contribution in [0.1, 0.15) is 69.7 Å². The normalized spacial score (nSPS) is 15.8. The predicted molar refractivity (Wildman–Crippen MR) is 232 cm³/mol. The summed E-state index contributed by atoms with van der Waals surface area (Å²) in [5.41, 5.74) is 16.9. The van der Waals surface area contributed by atoms with E-state index in [1.165, 1.54) is 66.4 Å². The maximum Gasteiger partial charge on any atom is 0.164 e. The highest BCUT2D eigenvalue weighted by Gasteiger charge is 2.22. The Kier molecular flexibility index (Phi) is 8.67. The summed E-state index contributed by atoms with van der Waals surface area (Å²) in [5, 5.41) is 2.64. The van der Waals surface area contributed by atoms with E-state index in [9.17, 15) is 0 Å². The standard InChI is InChI=1S/C52H42N4/c1-33-15-19-37(20-16-33)50-54-51(38-21-17-34(2)18-22-38)56-52(55-50)43-28-41(27-42(29-43)49-32-53-31-40-10-4-6-12-45(40)49)35-23-25-36(26-24-35)48-30-39-9-3-5-11-44(39)46-13-7-8-14-47(46)48/h3-5,7,9-11,13,15-23,25-32,35H,6,8,12,14,24H2,1-2H3. The fraction of sp³-hybridized carbons (Fsp3) is 0.154. The third-order valence-electron chi connectivity index (χ3n) is 11.6. The molecule has 0 saturated carbocycles. The van der Waals surface area contributed by atoms with Gasteiger partial charge in [-0.05, 0) is 119 Å². The molecule has 0 aliphatic heterocycles. The number of allylic oxidation sites excluding steroid dienone is 6. The van der Waals surface area contributed by atoms with Crippen molar-refractivity contribution in [3.8, 4) is 45.3 Å². The van der Waals surface area contributed by atoms with Gasteiger partial charge >= 0.3 is 0 Å². The molecule has 4 nitrogen and oxygen atoms in total. The molecule has 2 aromatic heterocycles. The Labute approximate surface area is 328 Å². The van der Waals surface area contributed by atoms with Crippen LogP contribution in [0.25, 0.3) is 73.8 Å². The summed E-state index contributed by atoms with van der Waals surface area (Å²) in [6.45, 7) is 4.20. The maximum absolute atomic E-state index is 5.19. The zero-order valence-electron chi connectivity index (χ0n) is 31.8. The van der Waals surface area contributed by atoms with Crippen molar-refractivity contribution in [2.24, 2.45) is 0 Å². The number of benzene rings is 5. The number of pyridine rings is 1. The molecule has 0 fully saturated rings. The third kappa shape index (κ3) is 6.41. The van der Waals surface area contributed by atoms with Gasteiger partial charge in [0.25, 0.3) is 0 Å². The summed E-state index contributed by atoms with van der Waals surface area (Å²) < 4.78 is 0. The second kappa shape index (κ2) is 14.3. The molecule has 3 aliphatic rings. The van der Waals surface area contributed by atoms with Crippen molar-refractivity contribution in [3.05, 3.63) is 184 Å². The second-order valence-corrected chi connectivity index (χ2v) is 15.4. The number of hydrogen-bond donors (Lipinski definition) is 0. The average Bonchev–Trinajstić information content (AvgIpc) is 3.26. The van der Waals surface area contributed by atoms with Crippen LogP contribution >= 0.6 is 0 Å². The van der Waals surface area contributed by atoms with Crippen molar-refractivity contribution in [3.63, 3.8) is 0 Å². The predicted octanol–water partition coefficient (Wildman–Crippen LogP) is 12.8. The van der Waals surface area contributed by atoms with Gasteiger partial charge < -0.3 is 0 Å². The largest absolute Gasteiger partial charge is 0.263 e. The summed E-state index contributed by atoms with van der Waals surface area (Å²) in [5.74, 6) is 2.19. The van der Waals surface area contributed by atoms with Gasteiger partial charge in [0.2, 0.25) is 0 Å². The second-order valence-electron chi connectivity index (χ2n) is 15.4. The molecule has 3 aliphatic carbocycles. The molecule has 1 atom stereocenters. The Balaban J connectivity index is 1.10. The lowest BCUT2D eigenvalue weighted by Gasteiger charge is -2.23. The lowest BCUT2D eigenvalue weighted by atomic mass is 9.81. The van der Waals surface area contributed by atoms with Crippen LogP contribution in [0.15, 0.2) is 140 Å². The highest BCUT2D eigenvalue weighted by molar-refractivity contribution is 5.97. The molecular weight excluding hydrogens is 681 g/mol. The first-order valence-corrected chi connectivity index (χ1v) is 19.8. The van der Waals surface area contributed by atoms with E-state index in [4.69, 9.17) is 19.9 Å². The molecular formula is C52H42N4. The quantitative estimate of drug-likeness (QED) is 0.171. The molecule has 0 saturated heterocycles. The molecule has 7 aromatic rings. The summed E-state index contributed by atoms with van der Waals surface area (Å²) in [4.78, 5) is 20.1. The minimum absolute atomic E-state index is 0.191. The van der Waals surface area contributed by atoms with E-state index in [-0.39, 0.29) is 5.92 Å². The fourth-order valence-corrected chi connectivity index (χ4v) is 8.56. The van der Waals surface area contributed by atoms with Crippen LogP contribution in [0, 0.1) is 13.8 Å². The number of aromatic nitrogens is 4. The first-order chi connectivity index (χ1) is 27.5. The van der Waals surface area contributed by atoms with E-state index in [1.54, 1.807) is 0 Å². The van der Waals surface area contributed by atoms with Crippen LogP contribution in [-0.2, 0) is 12.8 Å². The molecule has 0 amide bonds.